The van der Waals surface area contributed by atoms with Gasteiger partial charge in [-0.15, -0.1) is 0 Å². The minimum atomic E-state index is -0.760. The van der Waals surface area contributed by atoms with Crippen molar-refractivity contribution in [3.63, 3.8) is 0 Å². The van der Waals surface area contributed by atoms with Crippen molar-refractivity contribution >= 4 is 0 Å². The zero-order chi connectivity index (χ0) is 20.0. The van der Waals surface area contributed by atoms with E-state index in [4.69, 9.17) is 10.00 Å². The minimum Gasteiger partial charge on any atom is -0.378 e. The van der Waals surface area contributed by atoms with Gasteiger partial charge in [-0.1, -0.05) is 12.1 Å². The van der Waals surface area contributed by atoms with E-state index in [1.807, 2.05) is 19.3 Å². The van der Waals surface area contributed by atoms with Gasteiger partial charge in [0.05, 0.1) is 11.7 Å². The first-order valence-corrected chi connectivity index (χ1v) is 10.6. The van der Waals surface area contributed by atoms with Gasteiger partial charge in [0.2, 0.25) is 0 Å². The van der Waals surface area contributed by atoms with Gasteiger partial charge in [0.15, 0.2) is 11.6 Å². The Labute approximate surface area is 167 Å². The highest BCUT2D eigenvalue weighted by Crippen LogP contribution is 2.46. The standard InChI is InChI=1S/C24H31F2NO/c1-28-24(13-3-2-4-16-27)14-11-20(12-15-24)18-5-7-19(8-6-18)21-9-10-22(25)23(26)17-21/h2,4,9-10,17-20H,3,5-8,11-15H2,1H3/t18-,19-,20-,24+. The molecule has 1 aromatic carbocycles. The molecule has 2 aliphatic carbocycles. The van der Waals surface area contributed by atoms with E-state index in [0.717, 1.165) is 55.9 Å². The van der Waals surface area contributed by atoms with Crippen LogP contribution in [0.1, 0.15) is 75.7 Å². The van der Waals surface area contributed by atoms with Crippen LogP contribution < -0.4 is 0 Å². The van der Waals surface area contributed by atoms with Crippen molar-refractivity contribution in [1.82, 2.24) is 0 Å². The van der Waals surface area contributed by atoms with Gasteiger partial charge in [0, 0.05) is 13.2 Å². The number of allylic oxidation sites excluding steroid dienone is 2. The molecule has 0 atom stereocenters. The molecule has 0 spiro atoms. The maximum absolute atomic E-state index is 13.5. The molecule has 2 fully saturated rings. The number of nitrogens with zero attached hydrogens (tertiary/aromatic N) is 1. The van der Waals surface area contributed by atoms with Gasteiger partial charge in [0.25, 0.3) is 0 Å². The normalized spacial score (nSPS) is 31.0. The summed E-state index contributed by atoms with van der Waals surface area (Å²) in [5.74, 6) is 0.371. The average molecular weight is 388 g/mol. The van der Waals surface area contributed by atoms with Crippen LogP contribution in [-0.2, 0) is 4.74 Å². The number of halogens is 2. The van der Waals surface area contributed by atoms with Crippen LogP contribution in [0.4, 0.5) is 8.78 Å². The molecule has 0 aromatic heterocycles. The molecule has 0 radical (unpaired) electrons. The van der Waals surface area contributed by atoms with Crippen molar-refractivity contribution < 1.29 is 13.5 Å². The average Bonchev–Trinajstić information content (AvgIpc) is 2.74. The van der Waals surface area contributed by atoms with Gasteiger partial charge < -0.3 is 4.74 Å². The molecule has 2 nitrogen and oxygen atoms in total. The lowest BCUT2D eigenvalue weighted by molar-refractivity contribution is -0.0614. The molecule has 1 aromatic rings. The van der Waals surface area contributed by atoms with Crippen LogP contribution in [0.25, 0.3) is 0 Å². The summed E-state index contributed by atoms with van der Waals surface area (Å²) >= 11 is 0. The Balaban J connectivity index is 1.48. The highest BCUT2D eigenvalue weighted by molar-refractivity contribution is 5.22. The van der Waals surface area contributed by atoms with Gasteiger partial charge in [-0.3, -0.25) is 0 Å². The molecule has 3 rings (SSSR count). The van der Waals surface area contributed by atoms with Gasteiger partial charge >= 0.3 is 0 Å². The van der Waals surface area contributed by atoms with Crippen molar-refractivity contribution in [2.45, 2.75) is 75.7 Å². The second-order valence-electron chi connectivity index (χ2n) is 8.58. The Kier molecular flexibility index (Phi) is 7.24. The summed E-state index contributed by atoms with van der Waals surface area (Å²) in [6.45, 7) is 0. The molecular weight excluding hydrogens is 356 g/mol. The van der Waals surface area contributed by atoms with E-state index in [0.29, 0.717) is 5.92 Å². The molecule has 0 N–H and O–H groups in total. The number of nitriles is 1. The van der Waals surface area contributed by atoms with E-state index in [2.05, 4.69) is 0 Å². The number of hydrogen-bond acceptors (Lipinski definition) is 2. The number of ether oxygens (including phenoxy) is 1. The highest BCUT2D eigenvalue weighted by Gasteiger charge is 2.38. The van der Waals surface area contributed by atoms with Crippen LogP contribution in [0.3, 0.4) is 0 Å². The van der Waals surface area contributed by atoms with Gasteiger partial charge in [-0.05, 0) is 99.7 Å². The van der Waals surface area contributed by atoms with E-state index < -0.39 is 11.6 Å². The number of rotatable bonds is 6. The Morgan fingerprint density at radius 3 is 2.36 bits per heavy atom. The summed E-state index contributed by atoms with van der Waals surface area (Å²) in [5.41, 5.74) is 0.920. The van der Waals surface area contributed by atoms with Crippen LogP contribution in [0, 0.1) is 34.8 Å². The molecule has 4 heteroatoms. The predicted octanol–water partition coefficient (Wildman–Crippen LogP) is 6.67. The van der Waals surface area contributed by atoms with E-state index in [-0.39, 0.29) is 5.60 Å². The van der Waals surface area contributed by atoms with Crippen molar-refractivity contribution in [3.8, 4) is 6.07 Å². The fourth-order valence-electron chi connectivity index (χ4n) is 5.37. The van der Waals surface area contributed by atoms with Crippen LogP contribution in [0.2, 0.25) is 0 Å². The van der Waals surface area contributed by atoms with E-state index in [1.165, 1.54) is 37.8 Å². The zero-order valence-corrected chi connectivity index (χ0v) is 16.8. The molecular formula is C24H31F2NO. The van der Waals surface area contributed by atoms with Gasteiger partial charge in [-0.2, -0.15) is 5.26 Å². The maximum atomic E-state index is 13.5. The first-order valence-electron chi connectivity index (χ1n) is 10.6. The maximum Gasteiger partial charge on any atom is 0.159 e. The monoisotopic (exact) mass is 387 g/mol. The van der Waals surface area contributed by atoms with Gasteiger partial charge in [0.1, 0.15) is 0 Å². The van der Waals surface area contributed by atoms with Crippen molar-refractivity contribution in [2.75, 3.05) is 7.11 Å². The molecule has 0 unspecified atom stereocenters. The Morgan fingerprint density at radius 2 is 1.75 bits per heavy atom. The summed E-state index contributed by atoms with van der Waals surface area (Å²) in [4.78, 5) is 0. The third-order valence-corrected chi connectivity index (χ3v) is 7.19. The predicted molar refractivity (Wildman–Crippen MR) is 107 cm³/mol. The third kappa shape index (κ3) is 5.00. The lowest BCUT2D eigenvalue weighted by Gasteiger charge is -2.43. The van der Waals surface area contributed by atoms with Crippen molar-refractivity contribution in [2.24, 2.45) is 11.8 Å². The number of benzene rings is 1. The molecule has 0 heterocycles. The Bertz CT molecular complexity index is 708. The molecule has 0 aliphatic heterocycles. The van der Waals surface area contributed by atoms with Crippen LogP contribution in [-0.4, -0.2) is 12.7 Å². The van der Waals surface area contributed by atoms with Crippen LogP contribution in [0.15, 0.2) is 30.4 Å². The van der Waals surface area contributed by atoms with E-state index in [9.17, 15) is 8.78 Å². The molecule has 0 bridgehead atoms. The third-order valence-electron chi connectivity index (χ3n) is 7.19. The molecule has 152 valence electrons. The van der Waals surface area contributed by atoms with E-state index >= 15 is 0 Å². The largest absolute Gasteiger partial charge is 0.378 e. The molecule has 28 heavy (non-hydrogen) atoms. The van der Waals surface area contributed by atoms with Crippen LogP contribution >= 0.6 is 0 Å². The highest BCUT2D eigenvalue weighted by atomic mass is 19.2. The number of methoxy groups -OCH3 is 1. The fourth-order valence-corrected chi connectivity index (χ4v) is 5.37. The Morgan fingerprint density at radius 1 is 1.07 bits per heavy atom. The molecule has 0 saturated heterocycles. The fraction of sp³-hybridized carbons (Fsp3) is 0.625. The summed E-state index contributed by atoms with van der Waals surface area (Å²) in [7, 11) is 1.82. The van der Waals surface area contributed by atoms with Crippen LogP contribution in [0.5, 0.6) is 0 Å². The molecule has 2 saturated carbocycles. The smallest absolute Gasteiger partial charge is 0.159 e. The second kappa shape index (κ2) is 9.65. The second-order valence-corrected chi connectivity index (χ2v) is 8.58. The Hall–Kier alpha value is -1.73. The molecule has 0 amide bonds. The summed E-state index contributed by atoms with van der Waals surface area (Å²) in [6.07, 6.45) is 14.5. The first kappa shape index (κ1) is 21.0. The number of hydrogen-bond donors (Lipinski definition) is 0. The van der Waals surface area contributed by atoms with Crippen molar-refractivity contribution in [3.05, 3.63) is 47.5 Å². The van der Waals surface area contributed by atoms with Gasteiger partial charge in [-0.25, -0.2) is 8.78 Å². The lowest BCUT2D eigenvalue weighted by atomic mass is 9.66. The summed E-state index contributed by atoms with van der Waals surface area (Å²) in [6, 6.07) is 6.44. The van der Waals surface area contributed by atoms with E-state index in [1.54, 1.807) is 12.1 Å². The summed E-state index contributed by atoms with van der Waals surface area (Å²) < 4.78 is 32.6. The molecule has 2 aliphatic rings. The first-order chi connectivity index (χ1) is 13.6. The minimum absolute atomic E-state index is 0.0286. The zero-order valence-electron chi connectivity index (χ0n) is 16.8. The lowest BCUT2D eigenvalue weighted by Crippen LogP contribution is -2.38. The quantitative estimate of drug-likeness (QED) is 0.510. The van der Waals surface area contributed by atoms with Crippen molar-refractivity contribution in [1.29, 1.82) is 5.26 Å². The summed E-state index contributed by atoms with van der Waals surface area (Å²) in [5, 5.41) is 8.62. The SMILES string of the molecule is CO[C@]1(CCC=CC#N)CC[C@H]([C@H]2CC[C@H](c3ccc(F)c(F)c3)CC2)CC1. The topological polar surface area (TPSA) is 33.0 Å².